The van der Waals surface area contributed by atoms with Crippen LogP contribution in [0.2, 0.25) is 0 Å². The van der Waals surface area contributed by atoms with E-state index in [2.05, 4.69) is 309 Å². The van der Waals surface area contributed by atoms with Crippen LogP contribution in [0.1, 0.15) is 196 Å². The number of rotatable bonds is 20. The predicted octanol–water partition coefficient (Wildman–Crippen LogP) is 23.0. The maximum Gasteiger partial charge on any atom is 0.0729 e. The molecule has 0 heterocycles. The van der Waals surface area contributed by atoms with Crippen molar-refractivity contribution in [1.82, 2.24) is 0 Å². The normalized spacial score (nSPS) is 24.3. The van der Waals surface area contributed by atoms with Gasteiger partial charge in [-0.05, 0) is 179 Å². The number of hydrogen-bond acceptors (Lipinski definition) is 2. The second-order valence-electron chi connectivity index (χ2n) is 27.0. The smallest absolute Gasteiger partial charge is 0.0729 e. The lowest BCUT2D eigenvalue weighted by atomic mass is 9.67. The highest BCUT2D eigenvalue weighted by Gasteiger charge is 2.35. The molecule has 0 aromatic rings. The van der Waals surface area contributed by atoms with E-state index in [1.54, 1.807) is 11.1 Å². The zero-order valence-corrected chi connectivity index (χ0v) is 55.2. The molecule has 3 atom stereocenters. The van der Waals surface area contributed by atoms with Gasteiger partial charge in [0, 0.05) is 5.92 Å². The zero-order valence-electron chi connectivity index (χ0n) is 55.2. The Morgan fingerprint density at radius 3 is 1.05 bits per heavy atom. The van der Waals surface area contributed by atoms with Crippen LogP contribution in [0.5, 0.6) is 0 Å². The summed E-state index contributed by atoms with van der Waals surface area (Å²) in [7, 11) is 0. The molecule has 0 saturated carbocycles. The molecule has 4 aliphatic carbocycles. The van der Waals surface area contributed by atoms with Crippen LogP contribution in [0, 0.1) is 27.6 Å². The molecule has 2 N–H and O–H groups in total. The second-order valence-corrected chi connectivity index (χ2v) is 27.0. The van der Waals surface area contributed by atoms with Gasteiger partial charge in [0.15, 0.2) is 0 Å². The van der Waals surface area contributed by atoms with Crippen molar-refractivity contribution in [2.45, 2.75) is 208 Å². The molecule has 0 radical (unpaired) electrons. The van der Waals surface area contributed by atoms with Gasteiger partial charge < -0.3 is 10.2 Å². The SMILES string of the molecule is CC1=C(/C=C/C(C)=C/C=C/C(C)=C/C=C/C=C(C)/C=C/C=C(C)/C=C/C2=C(C)CCCC2(C)C)C(C)(C)CCC1.CC1=CC(O)CC(C)(C)C1/C=C/C(C)=C/C=C/C(C)=C/C=C/C=C(C)/C=C/C=C(C)/C=C/C1=C(C)CC(O)CC1(C)C. The standard InChI is InChI=1S/C40H56O2.C40H56/c1-29(17-13-19-31(3)21-23-37-33(5)25-35(41)27-39(37,7)8)15-11-12-16-30(2)18-14-20-32(4)22-24-38-34(6)26-36(42)28-40(38,9)10;1-31(19-13-21-33(3)25-27-37-35(5)23-15-29-39(37,7)8)17-11-12-18-32(2)20-14-22-34(4)26-28-38-36(6)24-16-30-40(38,9)10/h11-25,35-37,41-42H,26-28H2,1-10H3;11-14,17-22,25-28H,15-16,23-24,29-30H2,1-10H3/b12-11+,17-13+,18-14+,23-21+,24-22+,29-15+,30-16+,31-19+,32-20+;12-11+,19-13+,20-14+,27-25+,28-26+,31-17+,32-18+,33-21+,34-22+. The van der Waals surface area contributed by atoms with Gasteiger partial charge in [-0.25, -0.2) is 0 Å². The highest BCUT2D eigenvalue weighted by atomic mass is 16.3. The van der Waals surface area contributed by atoms with Crippen LogP contribution in [0.3, 0.4) is 0 Å². The van der Waals surface area contributed by atoms with Crippen LogP contribution in [0.4, 0.5) is 0 Å². The van der Waals surface area contributed by atoms with E-state index in [1.807, 2.05) is 6.08 Å². The third kappa shape index (κ3) is 25.8. The Morgan fingerprint density at radius 2 is 0.720 bits per heavy atom. The number of aliphatic hydroxyl groups is 2. The second kappa shape index (κ2) is 34.1. The lowest BCUT2D eigenvalue weighted by Crippen LogP contribution is -2.32. The Balaban J connectivity index is 0.000000431. The van der Waals surface area contributed by atoms with E-state index in [0.717, 1.165) is 19.3 Å². The fourth-order valence-corrected chi connectivity index (χ4v) is 11.9. The molecule has 4 rings (SSSR count). The van der Waals surface area contributed by atoms with Crippen LogP contribution in [-0.4, -0.2) is 22.4 Å². The van der Waals surface area contributed by atoms with Gasteiger partial charge in [-0.2, -0.15) is 0 Å². The Kier molecular flexibility index (Phi) is 29.3. The third-order valence-corrected chi connectivity index (χ3v) is 16.7. The summed E-state index contributed by atoms with van der Waals surface area (Å²) < 4.78 is 0. The van der Waals surface area contributed by atoms with Crippen LogP contribution >= 0.6 is 0 Å². The van der Waals surface area contributed by atoms with Gasteiger partial charge in [0.25, 0.3) is 0 Å². The minimum Gasteiger partial charge on any atom is -0.393 e. The molecule has 0 fully saturated rings. The molecule has 0 aromatic carbocycles. The molecule has 4 aliphatic rings. The molecule has 444 valence electrons. The van der Waals surface area contributed by atoms with Crippen molar-refractivity contribution in [3.05, 3.63) is 260 Å². The van der Waals surface area contributed by atoms with Crippen molar-refractivity contribution in [2.75, 3.05) is 0 Å². The van der Waals surface area contributed by atoms with Crippen molar-refractivity contribution >= 4 is 0 Å². The van der Waals surface area contributed by atoms with Crippen molar-refractivity contribution in [3.8, 4) is 0 Å². The summed E-state index contributed by atoms with van der Waals surface area (Å²) in [6.45, 7) is 44.3. The molecular weight excluding hydrogens is 993 g/mol. The summed E-state index contributed by atoms with van der Waals surface area (Å²) in [4.78, 5) is 0. The molecule has 0 amide bonds. The summed E-state index contributed by atoms with van der Waals surface area (Å²) in [5, 5.41) is 20.2. The molecule has 2 heteroatoms. The van der Waals surface area contributed by atoms with Crippen LogP contribution in [0.25, 0.3) is 0 Å². The van der Waals surface area contributed by atoms with Crippen molar-refractivity contribution in [2.24, 2.45) is 27.6 Å². The van der Waals surface area contributed by atoms with Crippen LogP contribution in [0.15, 0.2) is 260 Å². The van der Waals surface area contributed by atoms with Crippen molar-refractivity contribution in [3.63, 3.8) is 0 Å². The average Bonchev–Trinajstić information content (AvgIpc) is 3.35. The predicted molar refractivity (Wildman–Crippen MR) is 365 cm³/mol. The monoisotopic (exact) mass is 1100 g/mol. The molecule has 82 heavy (non-hydrogen) atoms. The molecule has 0 bridgehead atoms. The average molecular weight is 1110 g/mol. The largest absolute Gasteiger partial charge is 0.393 e. The number of hydrogen-bond donors (Lipinski definition) is 2. The molecule has 3 unspecified atom stereocenters. The van der Waals surface area contributed by atoms with Gasteiger partial charge in [0.2, 0.25) is 0 Å². The quantitative estimate of drug-likeness (QED) is 0.0942. The summed E-state index contributed by atoms with van der Waals surface area (Å²) in [6.07, 6.45) is 72.2. The minimum absolute atomic E-state index is 0.00528. The third-order valence-electron chi connectivity index (χ3n) is 16.7. The van der Waals surface area contributed by atoms with E-state index in [1.165, 1.54) is 111 Å². The van der Waals surface area contributed by atoms with Crippen molar-refractivity contribution in [1.29, 1.82) is 0 Å². The first-order valence-electron chi connectivity index (χ1n) is 30.7. The highest BCUT2D eigenvalue weighted by molar-refractivity contribution is 5.41. The van der Waals surface area contributed by atoms with Gasteiger partial charge in [-0.3, -0.25) is 0 Å². The fourth-order valence-electron chi connectivity index (χ4n) is 11.9. The number of allylic oxidation sites excluding steroid dienone is 42. The summed E-state index contributed by atoms with van der Waals surface area (Å²) >= 11 is 0. The Labute approximate surface area is 503 Å². The first-order chi connectivity index (χ1) is 38.4. The highest BCUT2D eigenvalue weighted by Crippen LogP contribution is 2.44. The molecule has 2 nitrogen and oxygen atoms in total. The van der Waals surface area contributed by atoms with E-state index in [-0.39, 0.29) is 23.0 Å². The minimum atomic E-state index is -0.331. The molecule has 0 aromatic heterocycles. The molecule has 0 saturated heterocycles. The molecular formula is C80H112O2. The van der Waals surface area contributed by atoms with E-state index < -0.39 is 0 Å². The molecule has 0 aliphatic heterocycles. The van der Waals surface area contributed by atoms with E-state index in [9.17, 15) is 10.2 Å². The Bertz CT molecular complexity index is 2790. The first kappa shape index (κ1) is 70.5. The summed E-state index contributed by atoms with van der Waals surface area (Å²) in [5.74, 6) is 0.348. The van der Waals surface area contributed by atoms with Gasteiger partial charge >= 0.3 is 0 Å². The van der Waals surface area contributed by atoms with Crippen LogP contribution < -0.4 is 0 Å². The maximum absolute atomic E-state index is 10.1. The fraction of sp³-hybridized carbons (Fsp3) is 0.450. The Hall–Kier alpha value is -5.80. The lowest BCUT2D eigenvalue weighted by Gasteiger charge is -2.38. The first-order valence-corrected chi connectivity index (χ1v) is 30.7. The van der Waals surface area contributed by atoms with Gasteiger partial charge in [-0.1, -0.05) is 298 Å². The van der Waals surface area contributed by atoms with Gasteiger partial charge in [0.1, 0.15) is 0 Å². The Morgan fingerprint density at radius 1 is 0.402 bits per heavy atom. The number of aliphatic hydroxyl groups excluding tert-OH is 2. The summed E-state index contributed by atoms with van der Waals surface area (Å²) in [5.41, 5.74) is 20.5. The van der Waals surface area contributed by atoms with E-state index in [4.69, 9.17) is 0 Å². The van der Waals surface area contributed by atoms with E-state index >= 15 is 0 Å². The van der Waals surface area contributed by atoms with Gasteiger partial charge in [0.05, 0.1) is 12.2 Å². The summed E-state index contributed by atoms with van der Waals surface area (Å²) in [6, 6.07) is 0. The molecule has 0 spiro atoms. The van der Waals surface area contributed by atoms with Gasteiger partial charge in [-0.15, -0.1) is 0 Å². The topological polar surface area (TPSA) is 40.5 Å². The maximum atomic E-state index is 10.1. The van der Waals surface area contributed by atoms with Crippen LogP contribution in [-0.2, 0) is 0 Å². The van der Waals surface area contributed by atoms with E-state index in [0.29, 0.717) is 16.7 Å². The van der Waals surface area contributed by atoms with Crippen molar-refractivity contribution < 1.29 is 10.2 Å². The zero-order chi connectivity index (χ0) is 61.3. The lowest BCUT2D eigenvalue weighted by molar-refractivity contribution is 0.116.